The number of piperidine rings is 1. The van der Waals surface area contributed by atoms with Crippen LogP contribution in [-0.2, 0) is 4.79 Å². The summed E-state index contributed by atoms with van der Waals surface area (Å²) in [5.41, 5.74) is 3.77. The third-order valence-electron chi connectivity index (χ3n) is 10.1. The number of amides is 1. The number of carbonyl (C=O) groups is 1. The minimum atomic E-state index is -4.58. The molecule has 1 spiro atoms. The standard InChI is InChI=1S/C35H39F3N8O2/c1-5-23-17-24-30(31(48-21-35(36,37)38)29(23)28-22(3)7-8-26-25(28)18-39-42-26)40-33(45-15-13-43(4)14-16-45)41-32(24)44-11-9-34(10-12-44)19-46(20-34)27(47)6-2/h5-8,17-18H,1-2,9-16,19-21H2,3-4H3,(H,39,42). The van der Waals surface area contributed by atoms with Gasteiger partial charge in [-0.25, -0.2) is 4.98 Å². The van der Waals surface area contributed by atoms with Gasteiger partial charge in [0.25, 0.3) is 0 Å². The van der Waals surface area contributed by atoms with Gasteiger partial charge in [-0.2, -0.15) is 23.3 Å². The van der Waals surface area contributed by atoms with Crippen LogP contribution in [0.2, 0.25) is 0 Å². The summed E-state index contributed by atoms with van der Waals surface area (Å²) in [5, 5.41) is 8.56. The van der Waals surface area contributed by atoms with Gasteiger partial charge in [-0.1, -0.05) is 25.3 Å². The van der Waals surface area contributed by atoms with E-state index in [1.165, 1.54) is 6.08 Å². The highest BCUT2D eigenvalue weighted by molar-refractivity contribution is 6.07. The SMILES string of the molecule is C=CC(=O)N1CC2(CCN(c3nc(N4CCN(C)CC4)nc4c(OCC(F)(F)F)c(-c5c(C)ccc6[nH]ncc56)c(C=C)cc34)CC2)C1. The Morgan fingerprint density at radius 1 is 1.02 bits per heavy atom. The molecule has 0 bridgehead atoms. The average Bonchev–Trinajstić information content (AvgIpc) is 3.54. The fourth-order valence-electron chi connectivity index (χ4n) is 7.35. The van der Waals surface area contributed by atoms with Crippen LogP contribution in [0.1, 0.15) is 24.0 Å². The average molecular weight is 661 g/mol. The molecular formula is C35H39F3N8O2. The number of alkyl halides is 3. The number of nitrogens with zero attached hydrogens (tertiary/aromatic N) is 7. The zero-order valence-corrected chi connectivity index (χ0v) is 27.2. The number of carbonyl (C=O) groups excluding carboxylic acids is 1. The molecule has 3 saturated heterocycles. The summed E-state index contributed by atoms with van der Waals surface area (Å²) in [7, 11) is 2.06. The Morgan fingerprint density at radius 2 is 1.75 bits per heavy atom. The van der Waals surface area contributed by atoms with E-state index in [2.05, 4.69) is 45.1 Å². The van der Waals surface area contributed by atoms with Crippen LogP contribution in [0.3, 0.4) is 0 Å². The van der Waals surface area contributed by atoms with Gasteiger partial charge in [-0.3, -0.25) is 9.89 Å². The summed E-state index contributed by atoms with van der Waals surface area (Å²) in [6.07, 6.45) is 1.82. The van der Waals surface area contributed by atoms with Gasteiger partial charge in [0.2, 0.25) is 11.9 Å². The molecule has 1 amide bonds. The summed E-state index contributed by atoms with van der Waals surface area (Å²) in [4.78, 5) is 30.6. The Kier molecular flexibility index (Phi) is 8.05. The molecule has 1 N–H and O–H groups in total. The zero-order chi connectivity index (χ0) is 33.8. The number of halogens is 3. The molecule has 7 rings (SSSR count). The number of benzene rings is 2. The van der Waals surface area contributed by atoms with E-state index in [0.29, 0.717) is 78.6 Å². The molecule has 0 atom stereocenters. The molecule has 2 aromatic heterocycles. The number of piperazine rings is 1. The minimum absolute atomic E-state index is 0.0412. The number of anilines is 2. The molecule has 252 valence electrons. The number of likely N-dealkylation sites (tertiary alicyclic amines) is 1. The van der Waals surface area contributed by atoms with Gasteiger partial charge in [0.05, 0.1) is 11.7 Å². The summed E-state index contributed by atoms with van der Waals surface area (Å²) < 4.78 is 47.5. The van der Waals surface area contributed by atoms with Crippen LogP contribution in [0.4, 0.5) is 24.9 Å². The smallest absolute Gasteiger partial charge is 0.422 e. The second-order valence-electron chi connectivity index (χ2n) is 13.3. The maximum Gasteiger partial charge on any atom is 0.422 e. The van der Waals surface area contributed by atoms with Crippen molar-refractivity contribution < 1.29 is 22.7 Å². The van der Waals surface area contributed by atoms with Gasteiger partial charge >= 0.3 is 6.18 Å². The summed E-state index contributed by atoms with van der Waals surface area (Å²) in [6, 6.07) is 5.74. The molecule has 3 aliphatic rings. The van der Waals surface area contributed by atoms with E-state index in [1.807, 2.05) is 30.0 Å². The van der Waals surface area contributed by atoms with E-state index < -0.39 is 12.8 Å². The van der Waals surface area contributed by atoms with Crippen LogP contribution in [0.15, 0.2) is 43.6 Å². The van der Waals surface area contributed by atoms with Crippen molar-refractivity contribution in [3.63, 3.8) is 0 Å². The molecule has 0 radical (unpaired) electrons. The molecule has 13 heteroatoms. The number of H-pyrrole nitrogens is 1. The maximum atomic E-state index is 13.9. The van der Waals surface area contributed by atoms with Crippen LogP contribution >= 0.6 is 0 Å². The highest BCUT2D eigenvalue weighted by Gasteiger charge is 2.46. The zero-order valence-electron chi connectivity index (χ0n) is 27.2. The number of aromatic nitrogens is 4. The first kappa shape index (κ1) is 31.9. The first-order valence-corrected chi connectivity index (χ1v) is 16.2. The molecule has 10 nitrogen and oxygen atoms in total. The van der Waals surface area contributed by atoms with E-state index in [9.17, 15) is 18.0 Å². The summed E-state index contributed by atoms with van der Waals surface area (Å²) in [6.45, 7) is 13.9. The lowest BCUT2D eigenvalue weighted by Crippen LogP contribution is -2.61. The van der Waals surface area contributed by atoms with E-state index in [4.69, 9.17) is 14.7 Å². The normalized spacial score (nSPS) is 18.4. The second kappa shape index (κ2) is 12.1. The number of aryl methyl sites for hydroxylation is 1. The van der Waals surface area contributed by atoms with Crippen molar-refractivity contribution in [2.45, 2.75) is 25.9 Å². The number of ether oxygens (including phenoxy) is 1. The van der Waals surface area contributed by atoms with Gasteiger partial charge in [-0.15, -0.1) is 0 Å². The van der Waals surface area contributed by atoms with Crippen molar-refractivity contribution in [1.82, 2.24) is 30.0 Å². The minimum Gasteiger partial charge on any atom is -0.481 e. The molecule has 3 fully saturated rings. The predicted molar refractivity (Wildman–Crippen MR) is 181 cm³/mol. The summed E-state index contributed by atoms with van der Waals surface area (Å²) >= 11 is 0. The fourth-order valence-corrected chi connectivity index (χ4v) is 7.35. The molecule has 3 aliphatic heterocycles. The van der Waals surface area contributed by atoms with Crippen LogP contribution in [-0.4, -0.2) is 108 Å². The lowest BCUT2D eigenvalue weighted by molar-refractivity contribution is -0.153. The molecule has 4 aromatic rings. The van der Waals surface area contributed by atoms with Gasteiger partial charge in [0.1, 0.15) is 11.3 Å². The molecule has 2 aromatic carbocycles. The van der Waals surface area contributed by atoms with Crippen LogP contribution in [0.5, 0.6) is 5.75 Å². The van der Waals surface area contributed by atoms with E-state index in [1.54, 1.807) is 12.3 Å². The Balaban J connectivity index is 1.40. The first-order chi connectivity index (χ1) is 23.0. The number of likely N-dealkylation sites (N-methyl/N-ethyl adjacent to an activating group) is 1. The van der Waals surface area contributed by atoms with Crippen molar-refractivity contribution in [2.75, 3.05) is 75.8 Å². The third-order valence-corrected chi connectivity index (χ3v) is 10.1. The van der Waals surface area contributed by atoms with Crippen molar-refractivity contribution in [3.05, 3.63) is 54.8 Å². The van der Waals surface area contributed by atoms with E-state index in [-0.39, 0.29) is 17.1 Å². The number of hydrogen-bond acceptors (Lipinski definition) is 8. The first-order valence-electron chi connectivity index (χ1n) is 16.2. The Bertz CT molecular complexity index is 1900. The van der Waals surface area contributed by atoms with Crippen LogP contribution in [0, 0.1) is 12.3 Å². The predicted octanol–water partition coefficient (Wildman–Crippen LogP) is 5.43. The maximum absolute atomic E-state index is 13.9. The van der Waals surface area contributed by atoms with Crippen molar-refractivity contribution >= 4 is 45.6 Å². The number of hydrogen-bond donors (Lipinski definition) is 1. The Labute approximate surface area is 276 Å². The Morgan fingerprint density at radius 3 is 2.42 bits per heavy atom. The lowest BCUT2D eigenvalue weighted by atomic mass is 9.72. The van der Waals surface area contributed by atoms with E-state index in [0.717, 1.165) is 42.4 Å². The highest BCUT2D eigenvalue weighted by Crippen LogP contribution is 2.48. The quantitative estimate of drug-likeness (QED) is 0.263. The van der Waals surface area contributed by atoms with Crippen LogP contribution < -0.4 is 14.5 Å². The van der Waals surface area contributed by atoms with Gasteiger partial charge in [0.15, 0.2) is 12.4 Å². The second-order valence-corrected chi connectivity index (χ2v) is 13.3. The molecule has 48 heavy (non-hydrogen) atoms. The molecular weight excluding hydrogens is 621 g/mol. The van der Waals surface area contributed by atoms with Gasteiger partial charge in [-0.05, 0) is 61.7 Å². The van der Waals surface area contributed by atoms with E-state index >= 15 is 0 Å². The lowest BCUT2D eigenvalue weighted by Gasteiger charge is -2.54. The largest absolute Gasteiger partial charge is 0.481 e. The molecule has 0 unspecified atom stereocenters. The van der Waals surface area contributed by atoms with Gasteiger partial charge in [0, 0.05) is 74.1 Å². The third kappa shape index (κ3) is 5.73. The molecule has 0 saturated carbocycles. The molecule has 5 heterocycles. The fraction of sp³-hybridized carbons (Fsp3) is 0.429. The topological polar surface area (TPSA) is 93.7 Å². The van der Waals surface area contributed by atoms with Crippen LogP contribution in [0.25, 0.3) is 39.0 Å². The number of fused-ring (bicyclic) bond motifs is 2. The van der Waals surface area contributed by atoms with Crippen molar-refractivity contribution in [1.29, 1.82) is 0 Å². The monoisotopic (exact) mass is 660 g/mol. The Hall–Kier alpha value is -4.65. The van der Waals surface area contributed by atoms with Crippen molar-refractivity contribution in [2.24, 2.45) is 5.41 Å². The summed E-state index contributed by atoms with van der Waals surface area (Å²) in [5.74, 6) is 1.11. The van der Waals surface area contributed by atoms with Gasteiger partial charge < -0.3 is 24.3 Å². The van der Waals surface area contributed by atoms with Crippen molar-refractivity contribution in [3.8, 4) is 16.9 Å². The highest BCUT2D eigenvalue weighted by atomic mass is 19.4. The number of aromatic amines is 1. The molecule has 0 aliphatic carbocycles. The number of rotatable bonds is 7. The number of nitrogens with one attached hydrogen (secondary N) is 1.